The van der Waals surface area contributed by atoms with E-state index in [-0.39, 0.29) is 11.9 Å². The van der Waals surface area contributed by atoms with Crippen LogP contribution in [0.15, 0.2) is 97.1 Å². The second kappa shape index (κ2) is 23.9. The van der Waals surface area contributed by atoms with E-state index >= 15 is 0 Å². The molecule has 7 heteroatoms. The Balaban J connectivity index is 0.661. The number of thioether (sulfide) groups is 1. The van der Waals surface area contributed by atoms with E-state index in [1.54, 1.807) is 0 Å². The molecule has 0 aliphatic carbocycles. The van der Waals surface area contributed by atoms with Gasteiger partial charge in [-0.25, -0.2) is 0 Å². The van der Waals surface area contributed by atoms with Crippen molar-refractivity contribution in [1.29, 1.82) is 0 Å². The van der Waals surface area contributed by atoms with Gasteiger partial charge < -0.3 is 18.6 Å². The highest BCUT2D eigenvalue weighted by atomic mass is 32.2. The molecule has 6 rings (SSSR count). The Morgan fingerprint density at radius 2 is 0.667 bits per heavy atom. The first-order valence-electron chi connectivity index (χ1n) is 22.0. The van der Waals surface area contributed by atoms with Crippen molar-refractivity contribution in [2.45, 2.75) is 129 Å². The third-order valence-corrected chi connectivity index (χ3v) is 12.5. The number of aromatic nitrogens is 2. The van der Waals surface area contributed by atoms with Gasteiger partial charge in [0, 0.05) is 56.5 Å². The Labute approximate surface area is 344 Å². The highest BCUT2D eigenvalue weighted by molar-refractivity contribution is 7.99. The van der Waals surface area contributed by atoms with Crippen molar-refractivity contribution in [2.75, 3.05) is 24.7 Å². The number of hydrogen-bond donors (Lipinski definition) is 0. The van der Waals surface area contributed by atoms with Crippen LogP contribution in [-0.2, 0) is 32.2 Å². The maximum absolute atomic E-state index is 12.4. The standard InChI is InChI=1S/C50H64N2O4S/c53-49(55-37-35-51-45-29-19-15-25-41(45)42-26-16-20-30-46(42)51)33-13-9-5-1-3-7-11-23-39-57-40-24-12-8-4-2-6-10-14-34-50(54)56-38-36-52-47-31-21-17-27-43(47)44-28-18-22-32-48(44)52/h15-22,25-32H,1-14,23-24,33-40H2. The van der Waals surface area contributed by atoms with Crippen LogP contribution < -0.4 is 0 Å². The minimum Gasteiger partial charge on any atom is -0.464 e. The Kier molecular flexibility index (Phi) is 17.7. The molecule has 0 aliphatic heterocycles. The minimum atomic E-state index is -0.0697. The molecule has 6 nitrogen and oxygen atoms in total. The number of nitrogens with zero attached hydrogens (tertiary/aromatic N) is 2. The average molecular weight is 789 g/mol. The molecule has 0 saturated carbocycles. The number of hydrogen-bond acceptors (Lipinski definition) is 5. The molecule has 0 unspecified atom stereocenters. The normalized spacial score (nSPS) is 11.6. The molecule has 0 aliphatic rings. The van der Waals surface area contributed by atoms with Gasteiger partial charge in [0.1, 0.15) is 13.2 Å². The molecular weight excluding hydrogens is 725 g/mol. The molecule has 0 saturated heterocycles. The van der Waals surface area contributed by atoms with E-state index in [1.165, 1.54) is 132 Å². The molecule has 2 aromatic heterocycles. The van der Waals surface area contributed by atoms with E-state index in [0.29, 0.717) is 39.1 Å². The van der Waals surface area contributed by atoms with Crippen molar-refractivity contribution < 1.29 is 19.1 Å². The summed E-state index contributed by atoms with van der Waals surface area (Å²) in [7, 11) is 0. The lowest BCUT2D eigenvalue weighted by molar-refractivity contribution is -0.144. The molecule has 304 valence electrons. The Morgan fingerprint density at radius 1 is 0.386 bits per heavy atom. The first kappa shape index (κ1) is 42.4. The molecule has 0 fully saturated rings. The smallest absolute Gasteiger partial charge is 0.305 e. The van der Waals surface area contributed by atoms with Crippen LogP contribution in [-0.4, -0.2) is 45.8 Å². The van der Waals surface area contributed by atoms with Crippen molar-refractivity contribution >= 4 is 67.3 Å². The number of esters is 2. The summed E-state index contributed by atoms with van der Waals surface area (Å²) in [5, 5.41) is 4.99. The zero-order chi connectivity index (χ0) is 39.3. The van der Waals surface area contributed by atoms with Gasteiger partial charge in [-0.2, -0.15) is 11.8 Å². The van der Waals surface area contributed by atoms with Crippen LogP contribution in [0.1, 0.15) is 116 Å². The monoisotopic (exact) mass is 788 g/mol. The van der Waals surface area contributed by atoms with Gasteiger partial charge in [0.25, 0.3) is 0 Å². The number of ether oxygens (including phenoxy) is 2. The molecule has 0 spiro atoms. The van der Waals surface area contributed by atoms with Gasteiger partial charge in [-0.3, -0.25) is 9.59 Å². The zero-order valence-electron chi connectivity index (χ0n) is 34.1. The van der Waals surface area contributed by atoms with Gasteiger partial charge in [-0.05, 0) is 61.5 Å². The van der Waals surface area contributed by atoms with E-state index in [2.05, 4.69) is 118 Å². The highest BCUT2D eigenvalue weighted by Crippen LogP contribution is 2.30. The lowest BCUT2D eigenvalue weighted by Crippen LogP contribution is -2.11. The SMILES string of the molecule is O=C(CCCCCCCCCCSCCCCCCCCCCC(=O)OCCn1c2ccccc2c2ccccc21)OCCn1c2ccccc2c2ccccc21. The topological polar surface area (TPSA) is 62.5 Å². The maximum Gasteiger partial charge on any atom is 0.305 e. The maximum atomic E-state index is 12.4. The van der Waals surface area contributed by atoms with Crippen LogP contribution in [0.2, 0.25) is 0 Å². The summed E-state index contributed by atoms with van der Waals surface area (Å²) in [6.07, 6.45) is 20.7. The van der Waals surface area contributed by atoms with Crippen LogP contribution in [0.25, 0.3) is 43.6 Å². The second-order valence-corrected chi connectivity index (χ2v) is 16.8. The van der Waals surface area contributed by atoms with Crippen molar-refractivity contribution in [1.82, 2.24) is 9.13 Å². The Bertz CT molecular complexity index is 1860. The highest BCUT2D eigenvalue weighted by Gasteiger charge is 2.12. The van der Waals surface area contributed by atoms with Crippen LogP contribution in [0, 0.1) is 0 Å². The lowest BCUT2D eigenvalue weighted by atomic mass is 10.1. The molecular formula is C50H64N2O4S. The van der Waals surface area contributed by atoms with E-state index in [0.717, 1.165) is 25.7 Å². The lowest BCUT2D eigenvalue weighted by Gasteiger charge is -2.09. The van der Waals surface area contributed by atoms with Crippen molar-refractivity contribution in [3.63, 3.8) is 0 Å². The number of carbonyl (C=O) groups excluding carboxylic acids is 2. The fourth-order valence-electron chi connectivity index (χ4n) is 8.30. The van der Waals surface area contributed by atoms with Gasteiger partial charge in [-0.1, -0.05) is 150 Å². The molecule has 0 radical (unpaired) electrons. The quantitative estimate of drug-likeness (QED) is 0.0366. The average Bonchev–Trinajstić information content (AvgIpc) is 3.73. The predicted octanol–water partition coefficient (Wildman–Crippen LogP) is 13.4. The summed E-state index contributed by atoms with van der Waals surface area (Å²) in [5.74, 6) is 2.45. The van der Waals surface area contributed by atoms with E-state index in [1.807, 2.05) is 0 Å². The third kappa shape index (κ3) is 12.9. The van der Waals surface area contributed by atoms with E-state index < -0.39 is 0 Å². The summed E-state index contributed by atoms with van der Waals surface area (Å²) < 4.78 is 15.8. The van der Waals surface area contributed by atoms with Crippen LogP contribution in [0.4, 0.5) is 0 Å². The number of rotatable bonds is 28. The number of para-hydroxylation sites is 4. The van der Waals surface area contributed by atoms with Gasteiger partial charge >= 0.3 is 11.9 Å². The molecule has 2 heterocycles. The number of carbonyl (C=O) groups is 2. The summed E-state index contributed by atoms with van der Waals surface area (Å²) >= 11 is 2.13. The van der Waals surface area contributed by atoms with Crippen molar-refractivity contribution in [3.8, 4) is 0 Å². The largest absolute Gasteiger partial charge is 0.464 e. The molecule has 0 N–H and O–H groups in total. The van der Waals surface area contributed by atoms with Gasteiger partial charge in [0.15, 0.2) is 0 Å². The van der Waals surface area contributed by atoms with Gasteiger partial charge in [0.2, 0.25) is 0 Å². The molecule has 0 amide bonds. The molecule has 6 aromatic rings. The summed E-state index contributed by atoms with van der Waals surface area (Å²) in [4.78, 5) is 24.7. The van der Waals surface area contributed by atoms with Crippen molar-refractivity contribution in [3.05, 3.63) is 97.1 Å². The van der Waals surface area contributed by atoms with Crippen LogP contribution in [0.5, 0.6) is 0 Å². The van der Waals surface area contributed by atoms with Gasteiger partial charge in [0.05, 0.1) is 13.1 Å². The zero-order valence-corrected chi connectivity index (χ0v) is 35.0. The fourth-order valence-corrected chi connectivity index (χ4v) is 9.33. The molecule has 0 atom stereocenters. The second-order valence-electron chi connectivity index (χ2n) is 15.6. The van der Waals surface area contributed by atoms with Crippen LogP contribution in [0.3, 0.4) is 0 Å². The van der Waals surface area contributed by atoms with E-state index in [4.69, 9.17) is 9.47 Å². The molecule has 4 aromatic carbocycles. The fraction of sp³-hybridized carbons (Fsp3) is 0.480. The number of unbranched alkanes of at least 4 members (excludes halogenated alkanes) is 14. The Morgan fingerprint density at radius 3 is 1.00 bits per heavy atom. The summed E-state index contributed by atoms with van der Waals surface area (Å²) in [6, 6.07) is 33.8. The summed E-state index contributed by atoms with van der Waals surface area (Å²) in [5.41, 5.74) is 4.76. The number of fused-ring (bicyclic) bond motifs is 6. The number of benzene rings is 4. The minimum absolute atomic E-state index is 0.0697. The molecule has 57 heavy (non-hydrogen) atoms. The first-order valence-corrected chi connectivity index (χ1v) is 23.2. The van der Waals surface area contributed by atoms with Crippen molar-refractivity contribution in [2.24, 2.45) is 0 Å². The molecule has 0 bridgehead atoms. The first-order chi connectivity index (χ1) is 28.2. The third-order valence-electron chi connectivity index (χ3n) is 11.4. The van der Waals surface area contributed by atoms with E-state index in [9.17, 15) is 9.59 Å². The van der Waals surface area contributed by atoms with Gasteiger partial charge in [-0.15, -0.1) is 0 Å². The Hall–Kier alpha value is -4.23. The predicted molar refractivity (Wildman–Crippen MR) is 241 cm³/mol. The van der Waals surface area contributed by atoms with Crippen LogP contribution >= 0.6 is 11.8 Å². The summed E-state index contributed by atoms with van der Waals surface area (Å²) in [6.45, 7) is 2.18.